The van der Waals surface area contributed by atoms with Gasteiger partial charge in [0, 0.05) is 31.7 Å². The number of aromatic nitrogens is 2. The summed E-state index contributed by atoms with van der Waals surface area (Å²) in [6.45, 7) is 6.36. The molecule has 0 aliphatic heterocycles. The van der Waals surface area contributed by atoms with E-state index in [1.165, 1.54) is 0 Å². The van der Waals surface area contributed by atoms with Gasteiger partial charge < -0.3 is 15.7 Å². The van der Waals surface area contributed by atoms with Crippen LogP contribution in [-0.2, 0) is 6.42 Å². The third-order valence-corrected chi connectivity index (χ3v) is 2.71. The Kier molecular flexibility index (Phi) is 5.34. The van der Waals surface area contributed by atoms with Crippen molar-refractivity contribution in [2.45, 2.75) is 45.6 Å². The number of hydrogen-bond acceptors (Lipinski definition) is 5. The standard InChI is InChI=1S/C13H24N4O/c1-5-6-10-15-11(14-4)9-12(16-10)17-13(2,3)7-8-18/h9,18H,5-8H2,1-4H3,(H2,14,15,16,17). The van der Waals surface area contributed by atoms with E-state index in [0.29, 0.717) is 6.42 Å². The third kappa shape index (κ3) is 4.49. The van der Waals surface area contributed by atoms with Gasteiger partial charge in [0.05, 0.1) is 0 Å². The molecular weight excluding hydrogens is 228 g/mol. The molecule has 0 radical (unpaired) electrons. The van der Waals surface area contributed by atoms with E-state index >= 15 is 0 Å². The minimum absolute atomic E-state index is 0.159. The van der Waals surface area contributed by atoms with E-state index in [1.54, 1.807) is 0 Å². The fourth-order valence-electron chi connectivity index (χ4n) is 1.71. The van der Waals surface area contributed by atoms with E-state index < -0.39 is 0 Å². The second-order valence-electron chi connectivity index (χ2n) is 5.04. The first-order chi connectivity index (χ1) is 8.50. The van der Waals surface area contributed by atoms with Crippen LogP contribution in [-0.4, -0.2) is 34.3 Å². The number of hydrogen-bond donors (Lipinski definition) is 3. The van der Waals surface area contributed by atoms with Gasteiger partial charge in [-0.25, -0.2) is 9.97 Å². The molecule has 0 aliphatic carbocycles. The molecule has 3 N–H and O–H groups in total. The number of nitrogens with one attached hydrogen (secondary N) is 2. The fraction of sp³-hybridized carbons (Fsp3) is 0.692. The van der Waals surface area contributed by atoms with Crippen molar-refractivity contribution in [3.8, 4) is 0 Å². The summed E-state index contributed by atoms with van der Waals surface area (Å²) in [4.78, 5) is 8.90. The van der Waals surface area contributed by atoms with E-state index in [-0.39, 0.29) is 12.1 Å². The largest absolute Gasteiger partial charge is 0.396 e. The Hall–Kier alpha value is -1.36. The lowest BCUT2D eigenvalue weighted by Crippen LogP contribution is -2.32. The van der Waals surface area contributed by atoms with Gasteiger partial charge in [-0.1, -0.05) is 6.92 Å². The van der Waals surface area contributed by atoms with Crippen LogP contribution in [0.1, 0.15) is 39.4 Å². The topological polar surface area (TPSA) is 70.1 Å². The Balaban J connectivity index is 2.90. The number of rotatable bonds is 7. The van der Waals surface area contributed by atoms with E-state index in [1.807, 2.05) is 27.0 Å². The summed E-state index contributed by atoms with van der Waals surface area (Å²) < 4.78 is 0. The molecule has 0 saturated heterocycles. The Morgan fingerprint density at radius 2 is 1.94 bits per heavy atom. The molecule has 102 valence electrons. The van der Waals surface area contributed by atoms with E-state index in [4.69, 9.17) is 5.11 Å². The second kappa shape index (κ2) is 6.54. The number of nitrogens with zero attached hydrogens (tertiary/aromatic N) is 2. The average Bonchev–Trinajstić information content (AvgIpc) is 2.28. The van der Waals surface area contributed by atoms with Crippen LogP contribution in [0.25, 0.3) is 0 Å². The number of aliphatic hydroxyl groups excluding tert-OH is 1. The molecule has 5 heteroatoms. The zero-order valence-electron chi connectivity index (χ0n) is 11.7. The molecule has 1 rings (SSSR count). The summed E-state index contributed by atoms with van der Waals surface area (Å²) in [5, 5.41) is 15.4. The van der Waals surface area contributed by atoms with Crippen LogP contribution in [0.5, 0.6) is 0 Å². The quantitative estimate of drug-likeness (QED) is 0.693. The van der Waals surface area contributed by atoms with Gasteiger partial charge in [0.2, 0.25) is 0 Å². The highest BCUT2D eigenvalue weighted by Gasteiger charge is 2.17. The molecular formula is C13H24N4O. The van der Waals surface area contributed by atoms with Gasteiger partial charge in [0.1, 0.15) is 17.5 Å². The van der Waals surface area contributed by atoms with Crippen molar-refractivity contribution >= 4 is 11.6 Å². The Labute approximate surface area is 109 Å². The molecule has 0 aliphatic rings. The molecule has 0 saturated carbocycles. The van der Waals surface area contributed by atoms with Gasteiger partial charge in [-0.15, -0.1) is 0 Å². The predicted octanol–water partition coefficient (Wildman–Crippen LogP) is 2.04. The van der Waals surface area contributed by atoms with Crippen LogP contribution < -0.4 is 10.6 Å². The lowest BCUT2D eigenvalue weighted by atomic mass is 10.0. The van der Waals surface area contributed by atoms with Crippen LogP contribution in [0, 0.1) is 0 Å². The van der Waals surface area contributed by atoms with Crippen LogP contribution in [0.2, 0.25) is 0 Å². The van der Waals surface area contributed by atoms with Crippen molar-refractivity contribution in [3.05, 3.63) is 11.9 Å². The molecule has 1 aromatic heterocycles. The molecule has 0 amide bonds. The minimum atomic E-state index is -0.183. The summed E-state index contributed by atoms with van der Waals surface area (Å²) >= 11 is 0. The molecule has 0 aromatic carbocycles. The smallest absolute Gasteiger partial charge is 0.133 e. The normalized spacial score (nSPS) is 11.4. The zero-order chi connectivity index (χ0) is 13.6. The molecule has 0 bridgehead atoms. The number of aliphatic hydroxyl groups is 1. The average molecular weight is 252 g/mol. The monoisotopic (exact) mass is 252 g/mol. The Morgan fingerprint density at radius 1 is 1.28 bits per heavy atom. The zero-order valence-corrected chi connectivity index (χ0v) is 11.7. The Bertz CT molecular complexity index is 379. The maximum absolute atomic E-state index is 9.03. The van der Waals surface area contributed by atoms with Gasteiger partial charge in [-0.05, 0) is 26.7 Å². The highest BCUT2D eigenvalue weighted by molar-refractivity contribution is 5.48. The Morgan fingerprint density at radius 3 is 2.50 bits per heavy atom. The van der Waals surface area contributed by atoms with Gasteiger partial charge in [0.25, 0.3) is 0 Å². The van der Waals surface area contributed by atoms with Crippen molar-refractivity contribution < 1.29 is 5.11 Å². The van der Waals surface area contributed by atoms with Gasteiger partial charge in [0.15, 0.2) is 0 Å². The first-order valence-electron chi connectivity index (χ1n) is 6.45. The lowest BCUT2D eigenvalue weighted by Gasteiger charge is -2.26. The summed E-state index contributed by atoms with van der Waals surface area (Å²) in [6, 6.07) is 1.89. The van der Waals surface area contributed by atoms with Crippen LogP contribution in [0.4, 0.5) is 11.6 Å². The molecule has 18 heavy (non-hydrogen) atoms. The SMILES string of the molecule is CCCc1nc(NC)cc(NC(C)(C)CCO)n1. The molecule has 0 spiro atoms. The number of aryl methyl sites for hydroxylation is 1. The van der Waals surface area contributed by atoms with Crippen LogP contribution in [0.15, 0.2) is 6.07 Å². The highest BCUT2D eigenvalue weighted by Crippen LogP contribution is 2.19. The molecule has 0 fully saturated rings. The van der Waals surface area contributed by atoms with Crippen molar-refractivity contribution in [3.63, 3.8) is 0 Å². The first-order valence-corrected chi connectivity index (χ1v) is 6.45. The summed E-state index contributed by atoms with van der Waals surface area (Å²) in [5.41, 5.74) is -0.183. The molecule has 0 unspecified atom stereocenters. The second-order valence-corrected chi connectivity index (χ2v) is 5.04. The van der Waals surface area contributed by atoms with Crippen LogP contribution in [0.3, 0.4) is 0 Å². The molecule has 0 atom stereocenters. The van der Waals surface area contributed by atoms with E-state index in [2.05, 4.69) is 27.5 Å². The van der Waals surface area contributed by atoms with E-state index in [9.17, 15) is 0 Å². The van der Waals surface area contributed by atoms with Crippen molar-refractivity contribution in [1.29, 1.82) is 0 Å². The predicted molar refractivity (Wildman–Crippen MR) is 75.0 cm³/mol. The van der Waals surface area contributed by atoms with Crippen LogP contribution >= 0.6 is 0 Å². The van der Waals surface area contributed by atoms with Gasteiger partial charge in [-0.3, -0.25) is 0 Å². The van der Waals surface area contributed by atoms with Gasteiger partial charge in [-0.2, -0.15) is 0 Å². The van der Waals surface area contributed by atoms with E-state index in [0.717, 1.165) is 30.3 Å². The van der Waals surface area contributed by atoms with Crippen molar-refractivity contribution in [2.75, 3.05) is 24.3 Å². The lowest BCUT2D eigenvalue weighted by molar-refractivity contribution is 0.260. The van der Waals surface area contributed by atoms with Crippen molar-refractivity contribution in [2.24, 2.45) is 0 Å². The third-order valence-electron chi connectivity index (χ3n) is 2.71. The summed E-state index contributed by atoms with van der Waals surface area (Å²) in [6.07, 6.45) is 2.56. The van der Waals surface area contributed by atoms with Crippen molar-refractivity contribution in [1.82, 2.24) is 9.97 Å². The highest BCUT2D eigenvalue weighted by atomic mass is 16.3. The van der Waals surface area contributed by atoms with Gasteiger partial charge >= 0.3 is 0 Å². The first kappa shape index (κ1) is 14.7. The number of anilines is 2. The maximum atomic E-state index is 9.03. The fourth-order valence-corrected chi connectivity index (χ4v) is 1.71. The summed E-state index contributed by atoms with van der Waals surface area (Å²) in [7, 11) is 1.85. The molecule has 1 heterocycles. The minimum Gasteiger partial charge on any atom is -0.396 e. The molecule has 1 aromatic rings. The molecule has 5 nitrogen and oxygen atoms in total. The summed E-state index contributed by atoms with van der Waals surface area (Å²) in [5.74, 6) is 2.46. The maximum Gasteiger partial charge on any atom is 0.133 e.